The number of nitrogens with zero attached hydrogens (tertiary/aromatic N) is 4. The van der Waals surface area contributed by atoms with Gasteiger partial charge in [-0.3, -0.25) is 4.57 Å². The molecule has 4 N–H and O–H groups in total. The van der Waals surface area contributed by atoms with Crippen LogP contribution in [-0.4, -0.2) is 48.5 Å². The van der Waals surface area contributed by atoms with E-state index in [9.17, 15) is 23.4 Å². The Morgan fingerprint density at radius 2 is 1.63 bits per heavy atom. The molecule has 0 atom stereocenters. The van der Waals surface area contributed by atoms with E-state index in [4.69, 9.17) is 4.98 Å². The van der Waals surface area contributed by atoms with E-state index in [0.29, 0.717) is 29.2 Å². The molecule has 2 aliphatic carbocycles. The third-order valence-electron chi connectivity index (χ3n) is 7.15. The van der Waals surface area contributed by atoms with Gasteiger partial charge in [0, 0.05) is 30.8 Å². The van der Waals surface area contributed by atoms with Crippen LogP contribution in [0.2, 0.25) is 0 Å². The first-order valence-corrected chi connectivity index (χ1v) is 12.1. The Kier molecular flexibility index (Phi) is 6.79. The van der Waals surface area contributed by atoms with Gasteiger partial charge in [0.1, 0.15) is 17.0 Å². The molecule has 0 aliphatic heterocycles. The van der Waals surface area contributed by atoms with Gasteiger partial charge in [0.15, 0.2) is 17.3 Å². The summed E-state index contributed by atoms with van der Waals surface area (Å²) in [5.74, 6) is -2.27. The molecule has 2 fully saturated rings. The molecule has 188 valence electrons. The number of hydrogen-bond acceptors (Lipinski definition) is 7. The van der Waals surface area contributed by atoms with Crippen molar-refractivity contribution in [3.05, 3.63) is 35.8 Å². The average Bonchev–Trinajstić information content (AvgIpc) is 3.20. The van der Waals surface area contributed by atoms with Crippen molar-refractivity contribution in [2.24, 2.45) is 5.92 Å². The second-order valence-corrected chi connectivity index (χ2v) is 9.58. The molecule has 0 saturated heterocycles. The quantitative estimate of drug-likeness (QED) is 0.405. The molecule has 5 rings (SSSR count). The molecule has 8 nitrogen and oxygen atoms in total. The van der Waals surface area contributed by atoms with E-state index in [1.165, 1.54) is 0 Å². The summed E-state index contributed by atoms with van der Waals surface area (Å²) in [6, 6.07) is 1.33. The van der Waals surface area contributed by atoms with E-state index in [1.54, 1.807) is 6.20 Å². The lowest BCUT2D eigenvalue weighted by Gasteiger charge is -2.29. The molecule has 3 aromatic rings. The number of hydrogen-bond donors (Lipinski definition) is 4. The molecule has 2 aliphatic rings. The van der Waals surface area contributed by atoms with Crippen molar-refractivity contribution in [2.75, 3.05) is 17.2 Å². The number of halogens is 3. The van der Waals surface area contributed by atoms with Crippen LogP contribution in [0.15, 0.2) is 18.3 Å². The Hall–Kier alpha value is -2.92. The van der Waals surface area contributed by atoms with Crippen molar-refractivity contribution < 1.29 is 23.4 Å². The van der Waals surface area contributed by atoms with Gasteiger partial charge >= 0.3 is 0 Å². The lowest BCUT2D eigenvalue weighted by molar-refractivity contribution is 0.126. The van der Waals surface area contributed by atoms with E-state index < -0.39 is 23.1 Å². The van der Waals surface area contributed by atoms with Crippen LogP contribution >= 0.6 is 0 Å². The van der Waals surface area contributed by atoms with Crippen molar-refractivity contribution >= 4 is 28.7 Å². The van der Waals surface area contributed by atoms with Gasteiger partial charge in [0.25, 0.3) is 0 Å². The van der Waals surface area contributed by atoms with Gasteiger partial charge in [-0.05, 0) is 57.3 Å². The maximum atomic E-state index is 14.4. The van der Waals surface area contributed by atoms with E-state index in [1.807, 2.05) is 4.57 Å². The molecule has 1 aromatic carbocycles. The fourth-order valence-electron chi connectivity index (χ4n) is 5.16. The number of fused-ring (bicyclic) bond motifs is 1. The second-order valence-electron chi connectivity index (χ2n) is 9.58. The highest BCUT2D eigenvalue weighted by Gasteiger charge is 2.28. The van der Waals surface area contributed by atoms with Gasteiger partial charge in [0.05, 0.1) is 12.3 Å². The summed E-state index contributed by atoms with van der Waals surface area (Å²) in [7, 11) is 0. The molecule has 2 heterocycles. The van der Waals surface area contributed by atoms with Gasteiger partial charge in [-0.25, -0.2) is 23.1 Å². The largest absolute Gasteiger partial charge is 0.396 e. The highest BCUT2D eigenvalue weighted by molar-refractivity contribution is 5.76. The predicted molar refractivity (Wildman–Crippen MR) is 125 cm³/mol. The monoisotopic (exact) mass is 490 g/mol. The fourth-order valence-corrected chi connectivity index (χ4v) is 5.16. The molecule has 0 radical (unpaired) electrons. The Bertz CT molecular complexity index is 1170. The van der Waals surface area contributed by atoms with E-state index in [-0.39, 0.29) is 36.7 Å². The Balaban J connectivity index is 1.50. The smallest absolute Gasteiger partial charge is 0.224 e. The van der Waals surface area contributed by atoms with Gasteiger partial charge in [-0.1, -0.05) is 0 Å². The summed E-state index contributed by atoms with van der Waals surface area (Å²) in [5.41, 5.74) is 0.500. The highest BCUT2D eigenvalue weighted by Crippen LogP contribution is 2.37. The lowest BCUT2D eigenvalue weighted by atomic mass is 9.86. The number of aliphatic hydroxyl groups excluding tert-OH is 2. The first-order valence-electron chi connectivity index (χ1n) is 12.1. The summed E-state index contributed by atoms with van der Waals surface area (Å²) >= 11 is 0. The van der Waals surface area contributed by atoms with Crippen molar-refractivity contribution in [3.63, 3.8) is 0 Å². The molecule has 2 aromatic heterocycles. The highest BCUT2D eigenvalue weighted by atomic mass is 19.1. The fraction of sp³-hybridized carbons (Fsp3) is 0.542. The molecule has 0 bridgehead atoms. The van der Waals surface area contributed by atoms with Crippen LogP contribution < -0.4 is 10.6 Å². The minimum Gasteiger partial charge on any atom is -0.396 e. The SMILES string of the molecule is OC[C@H]1CC[C@@H](n2c(Nc3c(F)cc(F)cc3F)nc3cnc(N[C@H]4CC[C@H](O)CC4)nc32)CC1. The summed E-state index contributed by atoms with van der Waals surface area (Å²) in [6.07, 6.45) is 7.45. The molecule has 0 amide bonds. The Labute approximate surface area is 200 Å². The van der Waals surface area contributed by atoms with Crippen LogP contribution in [0.4, 0.5) is 30.8 Å². The van der Waals surface area contributed by atoms with Crippen LogP contribution in [0.3, 0.4) is 0 Å². The van der Waals surface area contributed by atoms with Crippen LogP contribution in [0.25, 0.3) is 11.2 Å². The minimum absolute atomic E-state index is 0.0514. The Morgan fingerprint density at radius 1 is 0.943 bits per heavy atom. The van der Waals surface area contributed by atoms with Crippen molar-refractivity contribution in [3.8, 4) is 0 Å². The van der Waals surface area contributed by atoms with Gasteiger partial charge < -0.3 is 20.8 Å². The van der Waals surface area contributed by atoms with Crippen molar-refractivity contribution in [2.45, 2.75) is 69.6 Å². The topological polar surface area (TPSA) is 108 Å². The van der Waals surface area contributed by atoms with E-state index in [0.717, 1.165) is 51.4 Å². The zero-order chi connectivity index (χ0) is 24.5. The summed E-state index contributed by atoms with van der Waals surface area (Å²) < 4.78 is 44.1. The van der Waals surface area contributed by atoms with Crippen molar-refractivity contribution in [1.29, 1.82) is 0 Å². The number of imidazole rings is 1. The van der Waals surface area contributed by atoms with E-state index >= 15 is 0 Å². The zero-order valence-electron chi connectivity index (χ0n) is 19.2. The Morgan fingerprint density at radius 3 is 2.29 bits per heavy atom. The average molecular weight is 491 g/mol. The van der Waals surface area contributed by atoms with Crippen LogP contribution in [-0.2, 0) is 0 Å². The van der Waals surface area contributed by atoms with Gasteiger partial charge in [-0.2, -0.15) is 4.98 Å². The zero-order valence-corrected chi connectivity index (χ0v) is 19.2. The van der Waals surface area contributed by atoms with Crippen molar-refractivity contribution in [1.82, 2.24) is 19.5 Å². The number of anilines is 3. The van der Waals surface area contributed by atoms with Gasteiger partial charge in [0.2, 0.25) is 11.9 Å². The lowest BCUT2D eigenvalue weighted by Crippen LogP contribution is -2.29. The standard InChI is InChI=1S/C24H29F3N6O2/c25-14-9-18(26)21(19(27)10-14)31-24-30-20-11-28-23(29-15-3-7-17(35)8-4-15)32-22(20)33(24)16-5-1-13(12-34)2-6-16/h9-11,13,15-17,34-35H,1-8,12H2,(H,30,31)(H,28,29,32)/t13-,15-,16+,17-. The third-order valence-corrected chi connectivity index (χ3v) is 7.15. The summed E-state index contributed by atoms with van der Waals surface area (Å²) in [6.45, 7) is 0.126. The number of nitrogens with one attached hydrogen (secondary N) is 2. The normalized spacial score (nSPS) is 25.1. The molecule has 11 heteroatoms. The summed E-state index contributed by atoms with van der Waals surface area (Å²) in [4.78, 5) is 13.6. The molecule has 0 unspecified atom stereocenters. The molecule has 35 heavy (non-hydrogen) atoms. The van der Waals surface area contributed by atoms with Crippen LogP contribution in [0.5, 0.6) is 0 Å². The maximum Gasteiger partial charge on any atom is 0.224 e. The number of benzene rings is 1. The summed E-state index contributed by atoms with van der Waals surface area (Å²) in [5, 5.41) is 25.4. The molecular formula is C24H29F3N6O2. The van der Waals surface area contributed by atoms with E-state index in [2.05, 4.69) is 20.6 Å². The first kappa shape index (κ1) is 23.8. The minimum atomic E-state index is -1.06. The second kappa shape index (κ2) is 9.98. The van der Waals surface area contributed by atoms with Crippen LogP contribution in [0.1, 0.15) is 57.4 Å². The molecule has 2 saturated carbocycles. The maximum absolute atomic E-state index is 14.4. The molecule has 0 spiro atoms. The third kappa shape index (κ3) is 5.06. The number of aliphatic hydroxyl groups is 2. The van der Waals surface area contributed by atoms with Gasteiger partial charge in [-0.15, -0.1) is 0 Å². The first-order chi connectivity index (χ1) is 16.9. The number of rotatable bonds is 6. The molecular weight excluding hydrogens is 461 g/mol. The predicted octanol–water partition coefficient (Wildman–Crippen LogP) is 4.43. The van der Waals surface area contributed by atoms with Crippen LogP contribution in [0, 0.1) is 23.4 Å². The number of aromatic nitrogens is 4.